The van der Waals surface area contributed by atoms with E-state index in [1.54, 1.807) is 0 Å². The molecule has 0 N–H and O–H groups in total. The molecule has 0 heterocycles. The number of hydrogen-bond donors (Lipinski definition) is 0. The second-order valence-corrected chi connectivity index (χ2v) is 6.63. The van der Waals surface area contributed by atoms with Gasteiger partial charge in [-0.1, -0.05) is 46.3 Å². The molecule has 0 saturated carbocycles. The van der Waals surface area contributed by atoms with Gasteiger partial charge < -0.3 is 34.0 Å². The zero-order valence-electron chi connectivity index (χ0n) is 17.3. The zero-order chi connectivity index (χ0) is 19.4. The molecule has 2 unspecified atom stereocenters. The van der Waals surface area contributed by atoms with Crippen LogP contribution in [0.2, 0.25) is 0 Å². The first kappa shape index (κ1) is 37.6. The van der Waals surface area contributed by atoms with Crippen LogP contribution in [-0.4, -0.2) is 0 Å². The van der Waals surface area contributed by atoms with Gasteiger partial charge in [0.15, 0.2) is 0 Å². The molecule has 1 radical (unpaired) electrons. The van der Waals surface area contributed by atoms with Crippen molar-refractivity contribution in [2.45, 2.75) is 11.8 Å². The van der Waals surface area contributed by atoms with E-state index in [1.807, 2.05) is 109 Å². The van der Waals surface area contributed by atoms with Crippen molar-refractivity contribution in [2.24, 2.45) is 0 Å². The van der Waals surface area contributed by atoms with Gasteiger partial charge in [0.25, 0.3) is 0 Å². The van der Waals surface area contributed by atoms with Gasteiger partial charge in [-0.2, -0.15) is 119 Å². The van der Waals surface area contributed by atoms with Crippen molar-refractivity contribution in [3.8, 4) is 0 Å². The molecule has 31 heavy (non-hydrogen) atoms. The third kappa shape index (κ3) is 25.4. The van der Waals surface area contributed by atoms with E-state index < -0.39 is 0 Å². The largest absolute Gasteiger partial charge is 5.00 e. The molecule has 0 aliphatic rings. The molecule has 0 spiro atoms. The Labute approximate surface area is 232 Å². The number of rotatable bonds is 1. The van der Waals surface area contributed by atoms with Crippen molar-refractivity contribution >= 4 is 25.8 Å². The molecule has 4 aromatic carbocycles. The van der Waals surface area contributed by atoms with Crippen LogP contribution < -0.4 is 34.0 Å². The van der Waals surface area contributed by atoms with Gasteiger partial charge in [-0.05, 0) is 12.5 Å². The van der Waals surface area contributed by atoms with Crippen molar-refractivity contribution in [1.29, 1.82) is 0 Å². The average Bonchev–Trinajstić information content (AvgIpc) is 2.79. The van der Waals surface area contributed by atoms with Crippen LogP contribution in [0.25, 0.3) is 0 Å². The predicted molar refractivity (Wildman–Crippen MR) is 131 cm³/mol. The molecule has 5 heteroatoms. The van der Waals surface area contributed by atoms with Crippen molar-refractivity contribution in [3.05, 3.63) is 145 Å². The Morgan fingerprint density at radius 2 is 0.806 bits per heavy atom. The Bertz CT molecular complexity index is 604. The third-order valence-corrected chi connectivity index (χ3v) is 3.61. The standard InChI is InChI=1S/C8H9Br.3C6H5.2BrH.Fe.H3P/c1-7(9)8-5-3-2-4-6-8;3*1-2-4-6-5-3-1;;;;/h2-7H,1H3;3*1-5H;2*1H;;1H3/q;3*-1;;;+5;/p-2. The molecule has 0 fully saturated rings. The Balaban J connectivity index is -0.000000152. The quantitative estimate of drug-likeness (QED) is 0.126. The summed E-state index contributed by atoms with van der Waals surface area (Å²) in [5.41, 5.74) is 1.33. The average molecular weight is 666 g/mol. The predicted octanol–water partition coefficient (Wildman–Crippen LogP) is 1.67. The van der Waals surface area contributed by atoms with Crippen molar-refractivity contribution in [2.75, 3.05) is 0 Å². The summed E-state index contributed by atoms with van der Waals surface area (Å²) in [5, 5.41) is 0. The summed E-state index contributed by atoms with van der Waals surface area (Å²) >= 11 is 3.48. The van der Waals surface area contributed by atoms with Crippen molar-refractivity contribution in [3.63, 3.8) is 0 Å². The number of halogens is 3. The van der Waals surface area contributed by atoms with Gasteiger partial charge in [0.1, 0.15) is 0 Å². The first-order valence-electron chi connectivity index (χ1n) is 8.73. The van der Waals surface area contributed by atoms with Crippen LogP contribution in [0.15, 0.2) is 121 Å². The van der Waals surface area contributed by atoms with Crippen LogP contribution in [0, 0.1) is 18.2 Å². The molecular weight excluding hydrogens is 639 g/mol. The van der Waals surface area contributed by atoms with Crippen LogP contribution >= 0.6 is 25.8 Å². The summed E-state index contributed by atoms with van der Waals surface area (Å²) in [6.45, 7) is 2.12. The molecule has 0 aliphatic heterocycles. The molecule has 0 aliphatic carbocycles. The van der Waals surface area contributed by atoms with Crippen LogP contribution in [0.3, 0.4) is 0 Å². The van der Waals surface area contributed by atoms with Crippen LogP contribution in [0.1, 0.15) is 17.3 Å². The summed E-state index contributed by atoms with van der Waals surface area (Å²) in [6.07, 6.45) is 0. The summed E-state index contributed by atoms with van der Waals surface area (Å²) in [7, 11) is 0. The maximum Gasteiger partial charge on any atom is 5.00 e. The van der Waals surface area contributed by atoms with Gasteiger partial charge in [0.2, 0.25) is 0 Å². The second-order valence-electron chi connectivity index (χ2n) is 5.26. The Hall–Kier alpha value is -0.731. The molecule has 0 amide bonds. The first-order chi connectivity index (χ1) is 13.3. The van der Waals surface area contributed by atoms with Crippen LogP contribution in [0.5, 0.6) is 0 Å². The fourth-order valence-electron chi connectivity index (χ4n) is 1.74. The fraction of sp³-hybridized carbons (Fsp3) is 0.0769. The minimum absolute atomic E-state index is 0. The molecular formula is C26H27Br3FeP. The smallest absolute Gasteiger partial charge is 1.00 e. The SMILES string of the molecule is CC(Br)c1ccccc1.P.[Br-].[Br-].[Fe+5].[c-]1ccccc1.[c-]1ccccc1.[c-]1ccccc1. The van der Waals surface area contributed by atoms with Gasteiger partial charge in [-0.3, -0.25) is 0 Å². The maximum atomic E-state index is 3.48. The molecule has 0 aromatic heterocycles. The number of benzene rings is 4. The third-order valence-electron chi connectivity index (χ3n) is 3.08. The number of hydrogen-bond acceptors (Lipinski definition) is 0. The topological polar surface area (TPSA) is 0 Å². The summed E-state index contributed by atoms with van der Waals surface area (Å²) < 4.78 is 0. The van der Waals surface area contributed by atoms with E-state index in [0.29, 0.717) is 4.83 Å². The second kappa shape index (κ2) is 29.3. The Kier molecular flexibility index (Phi) is 35.5. The van der Waals surface area contributed by atoms with Gasteiger partial charge >= 0.3 is 17.1 Å². The molecule has 0 saturated heterocycles. The molecule has 2 atom stereocenters. The minimum Gasteiger partial charge on any atom is -1.00 e. The zero-order valence-corrected chi connectivity index (χ0v) is 24.6. The van der Waals surface area contributed by atoms with Crippen LogP contribution in [-0.2, 0) is 17.1 Å². The molecule has 4 aromatic rings. The maximum absolute atomic E-state index is 3.48. The molecule has 0 bridgehead atoms. The summed E-state index contributed by atoms with van der Waals surface area (Å²) in [5.74, 6) is 0. The summed E-state index contributed by atoms with van der Waals surface area (Å²) in [6, 6.07) is 47.8. The molecule has 4 rings (SSSR count). The monoisotopic (exact) mass is 663 g/mol. The van der Waals surface area contributed by atoms with E-state index in [0.717, 1.165) is 0 Å². The van der Waals surface area contributed by atoms with E-state index in [-0.39, 0.29) is 60.9 Å². The Morgan fingerprint density at radius 1 is 0.548 bits per heavy atom. The first-order valence-corrected chi connectivity index (χ1v) is 9.64. The number of alkyl halides is 1. The van der Waals surface area contributed by atoms with Gasteiger partial charge in [0.05, 0.1) is 0 Å². The van der Waals surface area contributed by atoms with Crippen molar-refractivity contribution < 1.29 is 51.0 Å². The minimum atomic E-state index is 0. The van der Waals surface area contributed by atoms with E-state index in [9.17, 15) is 0 Å². The normalized spacial score (nSPS) is 8.45. The summed E-state index contributed by atoms with van der Waals surface area (Å²) in [4.78, 5) is 0.471. The fourth-order valence-corrected chi connectivity index (χ4v) is 2.05. The van der Waals surface area contributed by atoms with E-state index in [1.165, 1.54) is 5.56 Å². The van der Waals surface area contributed by atoms with E-state index >= 15 is 0 Å². The Morgan fingerprint density at radius 3 is 0.935 bits per heavy atom. The van der Waals surface area contributed by atoms with Crippen molar-refractivity contribution in [1.82, 2.24) is 0 Å². The van der Waals surface area contributed by atoms with E-state index in [2.05, 4.69) is 53.2 Å². The van der Waals surface area contributed by atoms with E-state index in [4.69, 9.17) is 0 Å². The molecule has 0 nitrogen and oxygen atoms in total. The molecule has 165 valence electrons. The van der Waals surface area contributed by atoms with Gasteiger partial charge in [0, 0.05) is 4.83 Å². The van der Waals surface area contributed by atoms with Crippen LogP contribution in [0.4, 0.5) is 0 Å². The van der Waals surface area contributed by atoms with Gasteiger partial charge in [-0.25, -0.2) is 0 Å². The van der Waals surface area contributed by atoms with Gasteiger partial charge in [-0.15, -0.1) is 0 Å².